The standard InChI is InChI=1S/C19H19N3O4/c1-25-21-13-11-16(18(20)23)22(12-13)19(24)15-9-5-6-10-17(15)26-14-7-3-2-4-8-14/h2-10,16H,11-12H2,1H3,(H2,20,23). The summed E-state index contributed by atoms with van der Waals surface area (Å²) in [6, 6.07) is 15.3. The number of benzene rings is 2. The number of carbonyl (C=O) groups is 2. The Balaban J connectivity index is 1.90. The van der Waals surface area contributed by atoms with E-state index in [-0.39, 0.29) is 18.9 Å². The molecular formula is C19H19N3O4. The predicted octanol–water partition coefficient (Wildman–Crippen LogP) is 2.18. The van der Waals surface area contributed by atoms with Gasteiger partial charge >= 0.3 is 0 Å². The van der Waals surface area contributed by atoms with Gasteiger partial charge in [0.25, 0.3) is 5.91 Å². The number of carbonyl (C=O) groups excluding carboxylic acids is 2. The van der Waals surface area contributed by atoms with E-state index in [9.17, 15) is 9.59 Å². The number of nitrogens with zero attached hydrogens (tertiary/aromatic N) is 2. The van der Waals surface area contributed by atoms with Crippen molar-refractivity contribution in [1.82, 2.24) is 4.90 Å². The van der Waals surface area contributed by atoms with Gasteiger partial charge in [-0.25, -0.2) is 0 Å². The second-order valence-electron chi connectivity index (χ2n) is 5.81. The molecule has 1 aliphatic heterocycles. The normalized spacial score (nSPS) is 18.0. The highest BCUT2D eigenvalue weighted by molar-refractivity contribution is 6.06. The molecule has 1 fully saturated rings. The van der Waals surface area contributed by atoms with Gasteiger partial charge < -0.3 is 20.2 Å². The molecule has 1 aliphatic rings. The number of oxime groups is 1. The van der Waals surface area contributed by atoms with Gasteiger partial charge in [-0.1, -0.05) is 35.5 Å². The molecule has 3 rings (SSSR count). The average Bonchev–Trinajstić information content (AvgIpc) is 3.07. The minimum Gasteiger partial charge on any atom is -0.457 e. The number of hydrogen-bond donors (Lipinski definition) is 1. The molecule has 2 aromatic rings. The molecule has 2 aromatic carbocycles. The van der Waals surface area contributed by atoms with Crippen LogP contribution in [0.3, 0.4) is 0 Å². The summed E-state index contributed by atoms with van der Waals surface area (Å²) in [6.07, 6.45) is 0.261. The summed E-state index contributed by atoms with van der Waals surface area (Å²) in [4.78, 5) is 31.0. The van der Waals surface area contributed by atoms with Gasteiger partial charge in [-0.15, -0.1) is 0 Å². The Labute approximate surface area is 151 Å². The minimum atomic E-state index is -0.763. The Bertz CT molecular complexity index is 836. The first kappa shape index (κ1) is 17.5. The Hall–Kier alpha value is -3.35. The van der Waals surface area contributed by atoms with Crippen LogP contribution in [0.4, 0.5) is 0 Å². The van der Waals surface area contributed by atoms with Crippen LogP contribution in [-0.2, 0) is 9.63 Å². The number of nitrogens with two attached hydrogens (primary N) is 1. The maximum Gasteiger partial charge on any atom is 0.258 e. The Morgan fingerprint density at radius 1 is 1.12 bits per heavy atom. The molecule has 0 radical (unpaired) electrons. The number of rotatable bonds is 5. The second-order valence-corrected chi connectivity index (χ2v) is 5.81. The maximum atomic E-state index is 13.1. The van der Waals surface area contributed by atoms with Crippen LogP contribution in [0.1, 0.15) is 16.8 Å². The molecule has 26 heavy (non-hydrogen) atoms. The molecule has 0 saturated carbocycles. The summed E-state index contributed by atoms with van der Waals surface area (Å²) in [7, 11) is 1.42. The zero-order valence-electron chi connectivity index (χ0n) is 14.3. The van der Waals surface area contributed by atoms with Crippen LogP contribution in [0, 0.1) is 0 Å². The van der Waals surface area contributed by atoms with Crippen molar-refractivity contribution < 1.29 is 19.2 Å². The number of ether oxygens (including phenoxy) is 1. The molecule has 2 N–H and O–H groups in total. The third-order valence-corrected chi connectivity index (χ3v) is 4.06. The van der Waals surface area contributed by atoms with Crippen molar-refractivity contribution in [3.63, 3.8) is 0 Å². The van der Waals surface area contributed by atoms with Crippen LogP contribution in [-0.4, -0.2) is 42.1 Å². The van der Waals surface area contributed by atoms with Crippen molar-refractivity contribution in [2.75, 3.05) is 13.7 Å². The van der Waals surface area contributed by atoms with Crippen LogP contribution in [0.25, 0.3) is 0 Å². The number of hydrogen-bond acceptors (Lipinski definition) is 5. The lowest BCUT2D eigenvalue weighted by Gasteiger charge is -2.22. The summed E-state index contributed by atoms with van der Waals surface area (Å²) in [6.45, 7) is 0.181. The van der Waals surface area contributed by atoms with Gasteiger partial charge in [0.05, 0.1) is 17.8 Å². The molecule has 2 amide bonds. The Kier molecular flexibility index (Phi) is 5.17. The maximum absolute atomic E-state index is 13.1. The van der Waals surface area contributed by atoms with Gasteiger partial charge in [-0.2, -0.15) is 0 Å². The molecule has 0 aliphatic carbocycles. The highest BCUT2D eigenvalue weighted by Crippen LogP contribution is 2.28. The van der Waals surface area contributed by atoms with Crippen molar-refractivity contribution in [1.29, 1.82) is 0 Å². The Morgan fingerprint density at radius 3 is 2.50 bits per heavy atom. The molecule has 1 atom stereocenters. The summed E-state index contributed by atoms with van der Waals surface area (Å²) in [5.41, 5.74) is 6.40. The lowest BCUT2D eigenvalue weighted by Crippen LogP contribution is -2.43. The summed E-state index contributed by atoms with van der Waals surface area (Å²) >= 11 is 0. The molecule has 1 saturated heterocycles. The van der Waals surface area contributed by atoms with Crippen molar-refractivity contribution in [3.05, 3.63) is 60.2 Å². The van der Waals surface area contributed by atoms with Gasteiger partial charge in [0, 0.05) is 6.42 Å². The van der Waals surface area contributed by atoms with E-state index in [2.05, 4.69) is 5.16 Å². The monoisotopic (exact) mass is 353 g/mol. The van der Waals surface area contributed by atoms with Gasteiger partial charge in [-0.05, 0) is 24.3 Å². The van der Waals surface area contributed by atoms with Gasteiger partial charge in [0.15, 0.2) is 0 Å². The molecule has 1 heterocycles. The van der Waals surface area contributed by atoms with Crippen molar-refractivity contribution in [2.45, 2.75) is 12.5 Å². The molecule has 0 aromatic heterocycles. The van der Waals surface area contributed by atoms with Crippen molar-refractivity contribution >= 4 is 17.5 Å². The Morgan fingerprint density at radius 2 is 1.81 bits per heavy atom. The van der Waals surface area contributed by atoms with Crippen molar-refractivity contribution in [3.8, 4) is 11.5 Å². The zero-order valence-corrected chi connectivity index (χ0v) is 14.3. The van der Waals surface area contributed by atoms with Crippen LogP contribution in [0.15, 0.2) is 59.8 Å². The topological polar surface area (TPSA) is 94.2 Å². The first-order chi connectivity index (χ1) is 12.6. The first-order valence-corrected chi connectivity index (χ1v) is 8.11. The van der Waals surface area contributed by atoms with E-state index in [0.29, 0.717) is 22.8 Å². The molecule has 134 valence electrons. The third-order valence-electron chi connectivity index (χ3n) is 4.06. The van der Waals surface area contributed by atoms with E-state index in [4.69, 9.17) is 15.3 Å². The summed E-state index contributed by atoms with van der Waals surface area (Å²) in [5, 5.41) is 3.86. The number of para-hydroxylation sites is 2. The molecule has 7 nitrogen and oxygen atoms in total. The zero-order chi connectivity index (χ0) is 18.5. The van der Waals surface area contributed by atoms with E-state index in [1.54, 1.807) is 36.4 Å². The smallest absolute Gasteiger partial charge is 0.258 e. The number of amides is 2. The van der Waals surface area contributed by atoms with E-state index in [1.165, 1.54) is 12.0 Å². The molecule has 0 spiro atoms. The van der Waals surface area contributed by atoms with E-state index in [0.717, 1.165) is 0 Å². The van der Waals surface area contributed by atoms with Crippen molar-refractivity contribution in [2.24, 2.45) is 10.9 Å². The van der Waals surface area contributed by atoms with Gasteiger partial charge in [0.2, 0.25) is 5.91 Å². The average molecular weight is 353 g/mol. The quantitative estimate of drug-likeness (QED) is 0.834. The lowest BCUT2D eigenvalue weighted by molar-refractivity contribution is -0.121. The van der Waals surface area contributed by atoms with Gasteiger partial charge in [-0.3, -0.25) is 9.59 Å². The summed E-state index contributed by atoms with van der Waals surface area (Å²) < 4.78 is 5.84. The van der Waals surface area contributed by atoms with Crippen LogP contribution in [0.2, 0.25) is 0 Å². The molecular weight excluding hydrogens is 334 g/mol. The van der Waals surface area contributed by atoms with E-state index in [1.807, 2.05) is 18.2 Å². The number of primary amides is 1. The van der Waals surface area contributed by atoms with Crippen LogP contribution >= 0.6 is 0 Å². The molecule has 7 heteroatoms. The lowest BCUT2D eigenvalue weighted by atomic mass is 10.1. The minimum absolute atomic E-state index is 0.181. The van der Waals surface area contributed by atoms with Crippen LogP contribution in [0.5, 0.6) is 11.5 Å². The van der Waals surface area contributed by atoms with E-state index >= 15 is 0 Å². The summed E-state index contributed by atoms with van der Waals surface area (Å²) in [5.74, 6) is 0.0917. The first-order valence-electron chi connectivity index (χ1n) is 8.11. The predicted molar refractivity (Wildman–Crippen MR) is 96.0 cm³/mol. The molecule has 1 unspecified atom stereocenters. The largest absolute Gasteiger partial charge is 0.457 e. The fourth-order valence-corrected chi connectivity index (χ4v) is 2.87. The van der Waals surface area contributed by atoms with E-state index < -0.39 is 11.9 Å². The highest BCUT2D eigenvalue weighted by Gasteiger charge is 2.38. The second kappa shape index (κ2) is 7.69. The SMILES string of the molecule is CON=C1CC(C(N)=O)N(C(=O)c2ccccc2Oc2ccccc2)C1. The fraction of sp³-hybridized carbons (Fsp3) is 0.211. The number of likely N-dealkylation sites (tertiary alicyclic amines) is 1. The molecule has 0 bridgehead atoms. The highest BCUT2D eigenvalue weighted by atomic mass is 16.6. The van der Waals surface area contributed by atoms with Crippen LogP contribution < -0.4 is 10.5 Å². The fourth-order valence-electron chi connectivity index (χ4n) is 2.87. The third kappa shape index (κ3) is 3.66. The van der Waals surface area contributed by atoms with Gasteiger partial charge in [0.1, 0.15) is 24.7 Å².